The molecule has 0 saturated heterocycles. The van der Waals surface area contributed by atoms with Crippen molar-refractivity contribution in [3.63, 3.8) is 0 Å². The molecule has 1 amide bonds. The zero-order chi connectivity index (χ0) is 14.4. The lowest BCUT2D eigenvalue weighted by Gasteiger charge is -2.07. The molecule has 0 spiro atoms. The Balaban J connectivity index is 1.97. The Morgan fingerprint density at radius 1 is 1.05 bits per heavy atom. The van der Waals surface area contributed by atoms with Crippen LogP contribution in [0.25, 0.3) is 0 Å². The van der Waals surface area contributed by atoms with Gasteiger partial charge in [-0.15, -0.1) is 0 Å². The Morgan fingerprint density at radius 3 is 2.40 bits per heavy atom. The van der Waals surface area contributed by atoms with Gasteiger partial charge in [0, 0.05) is 24.8 Å². The minimum atomic E-state index is -0.0540. The lowest BCUT2D eigenvalue weighted by Crippen LogP contribution is -2.22. The lowest BCUT2D eigenvalue weighted by atomic mass is 10.1. The number of rotatable bonds is 5. The van der Waals surface area contributed by atoms with E-state index in [9.17, 15) is 4.79 Å². The van der Waals surface area contributed by atoms with Crippen LogP contribution in [-0.4, -0.2) is 13.0 Å². The normalized spacial score (nSPS) is 10.1. The summed E-state index contributed by atoms with van der Waals surface area (Å²) in [5.41, 5.74) is 4.02. The molecule has 0 atom stereocenters. The second-order valence-electron chi connectivity index (χ2n) is 4.68. The van der Waals surface area contributed by atoms with Gasteiger partial charge in [-0.3, -0.25) is 4.79 Å². The smallest absolute Gasteiger partial charge is 0.251 e. The molecule has 0 unspecified atom stereocenters. The fourth-order valence-corrected chi connectivity index (χ4v) is 1.99. The van der Waals surface area contributed by atoms with Gasteiger partial charge in [0.05, 0.1) is 0 Å². The van der Waals surface area contributed by atoms with E-state index in [1.807, 2.05) is 31.3 Å². The van der Waals surface area contributed by atoms with Gasteiger partial charge in [-0.1, -0.05) is 37.3 Å². The number of benzene rings is 2. The van der Waals surface area contributed by atoms with Crippen LogP contribution in [0.15, 0.2) is 48.5 Å². The van der Waals surface area contributed by atoms with E-state index in [-0.39, 0.29) is 5.91 Å². The van der Waals surface area contributed by atoms with Gasteiger partial charge in [0.15, 0.2) is 0 Å². The number of amides is 1. The van der Waals surface area contributed by atoms with E-state index in [0.717, 1.165) is 17.7 Å². The average molecular weight is 268 g/mol. The Bertz CT molecular complexity index is 576. The predicted molar refractivity (Wildman–Crippen MR) is 83.0 cm³/mol. The van der Waals surface area contributed by atoms with Crippen molar-refractivity contribution in [3.05, 3.63) is 65.2 Å². The van der Waals surface area contributed by atoms with Crippen molar-refractivity contribution in [2.45, 2.75) is 19.9 Å². The second kappa shape index (κ2) is 6.75. The second-order valence-corrected chi connectivity index (χ2v) is 4.68. The highest BCUT2D eigenvalue weighted by Gasteiger charge is 2.05. The zero-order valence-corrected chi connectivity index (χ0v) is 11.9. The van der Waals surface area contributed by atoms with E-state index in [1.54, 1.807) is 0 Å². The van der Waals surface area contributed by atoms with Crippen molar-refractivity contribution in [2.75, 3.05) is 12.4 Å². The molecule has 0 radical (unpaired) electrons. The van der Waals surface area contributed by atoms with Crippen LogP contribution in [0.2, 0.25) is 0 Å². The Labute approximate surface area is 120 Å². The van der Waals surface area contributed by atoms with Gasteiger partial charge in [0.1, 0.15) is 0 Å². The fourth-order valence-electron chi connectivity index (χ4n) is 1.99. The summed E-state index contributed by atoms with van der Waals surface area (Å²) >= 11 is 0. The summed E-state index contributed by atoms with van der Waals surface area (Å²) in [7, 11) is 1.84. The molecule has 2 aromatic carbocycles. The summed E-state index contributed by atoms with van der Waals surface area (Å²) in [5, 5.41) is 5.97. The van der Waals surface area contributed by atoms with Crippen molar-refractivity contribution >= 4 is 11.6 Å². The number of aryl methyl sites for hydroxylation is 1. The Morgan fingerprint density at radius 2 is 1.75 bits per heavy atom. The minimum Gasteiger partial charge on any atom is -0.388 e. The summed E-state index contributed by atoms with van der Waals surface area (Å²) in [6, 6.07) is 15.8. The first kappa shape index (κ1) is 14.1. The van der Waals surface area contributed by atoms with Gasteiger partial charge < -0.3 is 10.6 Å². The summed E-state index contributed by atoms with van der Waals surface area (Å²) in [6.45, 7) is 2.68. The molecule has 3 nitrogen and oxygen atoms in total. The summed E-state index contributed by atoms with van der Waals surface area (Å²) in [4.78, 5) is 12.1. The maximum Gasteiger partial charge on any atom is 0.251 e. The third-order valence-electron chi connectivity index (χ3n) is 3.30. The molecule has 3 heteroatoms. The van der Waals surface area contributed by atoms with Crippen molar-refractivity contribution in [1.82, 2.24) is 5.32 Å². The van der Waals surface area contributed by atoms with Crippen LogP contribution >= 0.6 is 0 Å². The fraction of sp³-hybridized carbons (Fsp3) is 0.235. The number of carbonyl (C=O) groups is 1. The van der Waals surface area contributed by atoms with E-state index < -0.39 is 0 Å². The topological polar surface area (TPSA) is 41.1 Å². The highest BCUT2D eigenvalue weighted by atomic mass is 16.1. The number of anilines is 1. The van der Waals surface area contributed by atoms with Gasteiger partial charge in [-0.2, -0.15) is 0 Å². The van der Waals surface area contributed by atoms with Gasteiger partial charge in [-0.25, -0.2) is 0 Å². The molecule has 104 valence electrons. The first-order chi connectivity index (χ1) is 9.72. The molecule has 0 saturated carbocycles. The van der Waals surface area contributed by atoms with E-state index in [4.69, 9.17) is 0 Å². The van der Waals surface area contributed by atoms with Crippen LogP contribution in [-0.2, 0) is 13.0 Å². The number of hydrogen-bond acceptors (Lipinski definition) is 2. The van der Waals surface area contributed by atoms with Crippen LogP contribution in [0, 0.1) is 0 Å². The molecule has 2 N–H and O–H groups in total. The highest BCUT2D eigenvalue weighted by Crippen LogP contribution is 2.10. The molecule has 0 heterocycles. The molecule has 0 bridgehead atoms. The van der Waals surface area contributed by atoms with Gasteiger partial charge in [0.25, 0.3) is 5.91 Å². The van der Waals surface area contributed by atoms with Crippen LogP contribution in [0.3, 0.4) is 0 Å². The largest absolute Gasteiger partial charge is 0.388 e. The zero-order valence-electron chi connectivity index (χ0n) is 11.9. The summed E-state index contributed by atoms with van der Waals surface area (Å²) in [6.07, 6.45) is 1.03. The van der Waals surface area contributed by atoms with Crippen LogP contribution < -0.4 is 10.6 Å². The molecule has 2 aromatic rings. The molecular formula is C17H20N2O. The first-order valence-corrected chi connectivity index (χ1v) is 6.86. The highest BCUT2D eigenvalue weighted by molar-refractivity contribution is 5.95. The van der Waals surface area contributed by atoms with Gasteiger partial charge >= 0.3 is 0 Å². The van der Waals surface area contributed by atoms with Crippen LogP contribution in [0.5, 0.6) is 0 Å². The van der Waals surface area contributed by atoms with Gasteiger partial charge in [-0.05, 0) is 35.7 Å². The number of nitrogens with one attached hydrogen (secondary N) is 2. The maximum atomic E-state index is 12.1. The molecule has 0 aliphatic heterocycles. The Kier molecular flexibility index (Phi) is 4.77. The van der Waals surface area contributed by atoms with E-state index in [0.29, 0.717) is 12.1 Å². The van der Waals surface area contributed by atoms with E-state index >= 15 is 0 Å². The van der Waals surface area contributed by atoms with Crippen LogP contribution in [0.4, 0.5) is 5.69 Å². The quantitative estimate of drug-likeness (QED) is 0.874. The minimum absolute atomic E-state index is 0.0540. The average Bonchev–Trinajstić information content (AvgIpc) is 2.53. The van der Waals surface area contributed by atoms with Crippen molar-refractivity contribution in [2.24, 2.45) is 0 Å². The Hall–Kier alpha value is -2.29. The molecule has 0 aliphatic rings. The molecule has 0 aliphatic carbocycles. The summed E-state index contributed by atoms with van der Waals surface area (Å²) in [5.74, 6) is -0.0540. The van der Waals surface area contributed by atoms with Gasteiger partial charge in [0.2, 0.25) is 0 Å². The maximum absolute atomic E-state index is 12.1. The molecule has 0 fully saturated rings. The monoisotopic (exact) mass is 268 g/mol. The predicted octanol–water partition coefficient (Wildman–Crippen LogP) is 3.22. The molecule has 20 heavy (non-hydrogen) atoms. The number of carbonyl (C=O) groups excluding carboxylic acids is 1. The van der Waals surface area contributed by atoms with E-state index in [2.05, 4.69) is 41.8 Å². The standard InChI is InChI=1S/C17H20N2O/c1-3-13-7-9-14(10-8-13)12-19-17(20)15-5-4-6-16(11-15)18-2/h4-11,18H,3,12H2,1-2H3,(H,19,20). The number of hydrogen-bond donors (Lipinski definition) is 2. The van der Waals surface area contributed by atoms with Crippen molar-refractivity contribution < 1.29 is 4.79 Å². The lowest BCUT2D eigenvalue weighted by molar-refractivity contribution is 0.0951. The van der Waals surface area contributed by atoms with Crippen LogP contribution in [0.1, 0.15) is 28.4 Å². The third kappa shape index (κ3) is 3.60. The SMILES string of the molecule is CCc1ccc(CNC(=O)c2cccc(NC)c2)cc1. The molecular weight excluding hydrogens is 248 g/mol. The molecule has 2 rings (SSSR count). The third-order valence-corrected chi connectivity index (χ3v) is 3.30. The molecule has 0 aromatic heterocycles. The first-order valence-electron chi connectivity index (χ1n) is 6.86. The summed E-state index contributed by atoms with van der Waals surface area (Å²) < 4.78 is 0. The van der Waals surface area contributed by atoms with Crippen molar-refractivity contribution in [3.8, 4) is 0 Å². The van der Waals surface area contributed by atoms with Crippen molar-refractivity contribution in [1.29, 1.82) is 0 Å². The van der Waals surface area contributed by atoms with E-state index in [1.165, 1.54) is 5.56 Å².